The van der Waals surface area contributed by atoms with Crippen molar-refractivity contribution in [2.75, 3.05) is 5.33 Å². The lowest BCUT2D eigenvalue weighted by Gasteiger charge is -2.04. The Balaban J connectivity index is 3.23. The van der Waals surface area contributed by atoms with Crippen LogP contribution in [-0.4, -0.2) is 11.1 Å². The monoisotopic (exact) mass is 372 g/mol. The smallest absolute Gasteiger partial charge is 0.174 e. The largest absolute Gasteiger partial charge is 0.293 e. The number of Topliss-reactive ketones (excluding diaryl/α,β-unsaturated/α-hetero) is 1. The maximum atomic E-state index is 11.4. The molecular weight excluding hydrogens is 366 g/mol. The number of hydrogen-bond acceptors (Lipinski definition) is 1. The van der Waals surface area contributed by atoms with Gasteiger partial charge in [0, 0.05) is 14.2 Å². The molecule has 0 atom stereocenters. The van der Waals surface area contributed by atoms with E-state index in [0.717, 1.165) is 14.7 Å². The van der Waals surface area contributed by atoms with Gasteiger partial charge in [0.15, 0.2) is 5.78 Å². The zero-order chi connectivity index (χ0) is 10.0. The fourth-order valence-corrected chi connectivity index (χ4v) is 2.36. The van der Waals surface area contributed by atoms with Gasteiger partial charge in [-0.25, -0.2) is 0 Å². The third-order valence-corrected chi connectivity index (χ3v) is 3.48. The molecule has 0 spiro atoms. The highest BCUT2D eigenvalue weighted by Gasteiger charge is 2.10. The Morgan fingerprint density at radius 3 is 2.77 bits per heavy atom. The number of ketones is 1. The molecule has 1 aromatic carbocycles. The number of benzene rings is 1. The zero-order valence-corrected chi connectivity index (χ0v) is 11.4. The van der Waals surface area contributed by atoms with Crippen LogP contribution in [0.25, 0.3) is 0 Å². The van der Waals surface area contributed by atoms with Crippen LogP contribution < -0.4 is 0 Å². The molecule has 1 nitrogen and oxygen atoms in total. The Morgan fingerprint density at radius 1 is 1.62 bits per heavy atom. The molecule has 1 aromatic rings. The predicted octanol–water partition coefficient (Wildman–Crippen LogP) is 3.83. The minimum absolute atomic E-state index is 0.0872. The highest BCUT2D eigenvalue weighted by molar-refractivity contribution is 14.1. The van der Waals surface area contributed by atoms with Gasteiger partial charge in [0.25, 0.3) is 0 Å². The molecule has 0 aromatic heterocycles. The van der Waals surface area contributed by atoms with Gasteiger partial charge >= 0.3 is 0 Å². The van der Waals surface area contributed by atoms with Gasteiger partial charge in [-0.05, 0) is 47.2 Å². The highest BCUT2D eigenvalue weighted by Crippen LogP contribution is 2.23. The lowest BCUT2D eigenvalue weighted by Crippen LogP contribution is -2.03. The molecule has 4 heteroatoms. The van der Waals surface area contributed by atoms with Gasteiger partial charge in [-0.1, -0.05) is 27.5 Å². The summed E-state index contributed by atoms with van der Waals surface area (Å²) in [5, 5.41) is 1.06. The Hall–Kier alpha value is 0.390. The second-order valence-electron chi connectivity index (χ2n) is 2.64. The maximum absolute atomic E-state index is 11.4. The van der Waals surface area contributed by atoms with Crippen LogP contribution in [0.1, 0.15) is 15.9 Å². The molecule has 0 unspecified atom stereocenters. The predicted molar refractivity (Wildman–Crippen MR) is 67.0 cm³/mol. The molecule has 0 aliphatic heterocycles. The van der Waals surface area contributed by atoms with Crippen molar-refractivity contribution in [2.45, 2.75) is 6.92 Å². The summed E-state index contributed by atoms with van der Waals surface area (Å²) in [5.41, 5.74) is 1.67. The second kappa shape index (κ2) is 4.75. The number of alkyl halides is 1. The maximum Gasteiger partial charge on any atom is 0.174 e. The molecule has 0 aliphatic carbocycles. The van der Waals surface area contributed by atoms with Crippen molar-refractivity contribution in [3.05, 3.63) is 31.9 Å². The molecule has 0 saturated carbocycles. The molecule has 70 valence electrons. The van der Waals surface area contributed by atoms with Crippen LogP contribution in [0.2, 0.25) is 5.02 Å². The van der Waals surface area contributed by atoms with Crippen molar-refractivity contribution >= 4 is 55.9 Å². The molecule has 0 fully saturated rings. The normalized spacial score (nSPS) is 10.2. The SMILES string of the molecule is Cc1cc(C(=O)CBr)c(I)cc1Cl. The van der Waals surface area contributed by atoms with Crippen molar-refractivity contribution in [3.8, 4) is 0 Å². The summed E-state index contributed by atoms with van der Waals surface area (Å²) in [6, 6.07) is 3.64. The van der Waals surface area contributed by atoms with E-state index in [0.29, 0.717) is 10.4 Å². The number of aryl methyl sites for hydroxylation is 1. The lowest BCUT2D eigenvalue weighted by molar-refractivity contribution is 0.102. The first-order valence-electron chi connectivity index (χ1n) is 3.61. The summed E-state index contributed by atoms with van der Waals surface area (Å²) in [7, 11) is 0. The van der Waals surface area contributed by atoms with Gasteiger partial charge in [-0.15, -0.1) is 0 Å². The lowest BCUT2D eigenvalue weighted by atomic mass is 10.1. The minimum Gasteiger partial charge on any atom is -0.293 e. The molecule has 0 bridgehead atoms. The van der Waals surface area contributed by atoms with Gasteiger partial charge in [-0.2, -0.15) is 0 Å². The Kier molecular flexibility index (Phi) is 4.19. The fourth-order valence-electron chi connectivity index (χ4n) is 0.943. The Labute approximate surface area is 104 Å². The molecule has 13 heavy (non-hydrogen) atoms. The Morgan fingerprint density at radius 2 is 2.23 bits per heavy atom. The van der Waals surface area contributed by atoms with Crippen LogP contribution in [0.15, 0.2) is 12.1 Å². The van der Waals surface area contributed by atoms with Crippen molar-refractivity contribution < 1.29 is 4.79 Å². The third kappa shape index (κ3) is 2.67. The molecule has 0 saturated heterocycles. The average Bonchev–Trinajstić information content (AvgIpc) is 2.10. The highest BCUT2D eigenvalue weighted by atomic mass is 127. The number of halogens is 3. The topological polar surface area (TPSA) is 17.1 Å². The standard InChI is InChI=1S/C9H7BrClIO/c1-5-2-6(9(13)4-10)8(12)3-7(5)11/h2-3H,4H2,1H3. The molecule has 0 aliphatic rings. The van der Waals surface area contributed by atoms with Gasteiger partial charge in [-0.3, -0.25) is 4.79 Å². The summed E-state index contributed by atoms with van der Waals surface area (Å²) in [5.74, 6) is 0.0872. The summed E-state index contributed by atoms with van der Waals surface area (Å²) < 4.78 is 0.901. The van der Waals surface area contributed by atoms with Crippen molar-refractivity contribution in [1.29, 1.82) is 0 Å². The van der Waals surface area contributed by atoms with E-state index in [1.165, 1.54) is 0 Å². The number of hydrogen-bond donors (Lipinski definition) is 0. The first-order valence-corrected chi connectivity index (χ1v) is 6.19. The quantitative estimate of drug-likeness (QED) is 0.437. The van der Waals surface area contributed by atoms with E-state index < -0.39 is 0 Å². The summed E-state index contributed by atoms with van der Waals surface area (Å²) in [6.07, 6.45) is 0. The first kappa shape index (κ1) is 11.5. The van der Waals surface area contributed by atoms with Gasteiger partial charge in [0.1, 0.15) is 0 Å². The molecule has 0 N–H and O–H groups in total. The van der Waals surface area contributed by atoms with Crippen LogP contribution in [-0.2, 0) is 0 Å². The van der Waals surface area contributed by atoms with Crippen LogP contribution >= 0.6 is 50.1 Å². The minimum atomic E-state index is 0.0872. The van der Waals surface area contributed by atoms with E-state index in [1.807, 2.05) is 19.1 Å². The van der Waals surface area contributed by atoms with E-state index in [-0.39, 0.29) is 5.78 Å². The Bertz CT molecular complexity index is 352. The number of carbonyl (C=O) groups is 1. The molecule has 0 amide bonds. The van der Waals surface area contributed by atoms with E-state index in [4.69, 9.17) is 11.6 Å². The van der Waals surface area contributed by atoms with Crippen LogP contribution in [0, 0.1) is 10.5 Å². The van der Waals surface area contributed by atoms with Crippen molar-refractivity contribution in [1.82, 2.24) is 0 Å². The van der Waals surface area contributed by atoms with Crippen molar-refractivity contribution in [2.24, 2.45) is 0 Å². The zero-order valence-electron chi connectivity index (χ0n) is 6.90. The average molecular weight is 373 g/mol. The number of rotatable bonds is 2. The van der Waals surface area contributed by atoms with E-state index in [9.17, 15) is 4.79 Å². The third-order valence-electron chi connectivity index (χ3n) is 1.67. The molecular formula is C9H7BrClIO. The van der Waals surface area contributed by atoms with Gasteiger partial charge < -0.3 is 0 Å². The molecule has 1 rings (SSSR count). The number of carbonyl (C=O) groups excluding carboxylic acids is 1. The van der Waals surface area contributed by atoms with Crippen LogP contribution in [0.3, 0.4) is 0 Å². The summed E-state index contributed by atoms with van der Waals surface area (Å²) >= 11 is 11.2. The van der Waals surface area contributed by atoms with Gasteiger partial charge in [0.05, 0.1) is 5.33 Å². The molecule has 0 heterocycles. The van der Waals surface area contributed by atoms with E-state index in [1.54, 1.807) is 0 Å². The van der Waals surface area contributed by atoms with E-state index >= 15 is 0 Å². The summed E-state index contributed by atoms with van der Waals surface area (Å²) in [6.45, 7) is 1.89. The van der Waals surface area contributed by atoms with E-state index in [2.05, 4.69) is 38.5 Å². The van der Waals surface area contributed by atoms with Crippen LogP contribution in [0.5, 0.6) is 0 Å². The van der Waals surface area contributed by atoms with Gasteiger partial charge in [0.2, 0.25) is 0 Å². The second-order valence-corrected chi connectivity index (χ2v) is 4.77. The molecule has 0 radical (unpaired) electrons. The summed E-state index contributed by atoms with van der Waals surface area (Å²) in [4.78, 5) is 11.4. The first-order chi connectivity index (χ1) is 6.06. The fraction of sp³-hybridized carbons (Fsp3) is 0.222. The van der Waals surface area contributed by atoms with Crippen molar-refractivity contribution in [3.63, 3.8) is 0 Å². The van der Waals surface area contributed by atoms with Crippen LogP contribution in [0.4, 0.5) is 0 Å².